The largest absolute Gasteiger partial charge is 0.395 e. The third-order valence-corrected chi connectivity index (χ3v) is 3.30. The summed E-state index contributed by atoms with van der Waals surface area (Å²) in [6.07, 6.45) is 6.05. The minimum atomic E-state index is 0.228. The first-order valence-corrected chi connectivity index (χ1v) is 5.33. The molecule has 2 rings (SSSR count). The molecule has 76 valence electrons. The molecular formula is C10H19NO2. The van der Waals surface area contributed by atoms with Crippen LogP contribution in [0.15, 0.2) is 0 Å². The number of ether oxygens (including phenoxy) is 1. The van der Waals surface area contributed by atoms with Gasteiger partial charge in [-0.3, -0.25) is 0 Å². The van der Waals surface area contributed by atoms with Crippen molar-refractivity contribution in [2.24, 2.45) is 0 Å². The van der Waals surface area contributed by atoms with Crippen LogP contribution in [0, 0.1) is 0 Å². The van der Waals surface area contributed by atoms with Gasteiger partial charge in [-0.2, -0.15) is 0 Å². The molecule has 0 aromatic rings. The zero-order valence-electron chi connectivity index (χ0n) is 8.09. The summed E-state index contributed by atoms with van der Waals surface area (Å²) in [7, 11) is 0. The van der Waals surface area contributed by atoms with E-state index in [2.05, 4.69) is 5.32 Å². The van der Waals surface area contributed by atoms with Crippen LogP contribution in [0.1, 0.15) is 32.1 Å². The first-order chi connectivity index (χ1) is 6.35. The second-order valence-electron chi connectivity index (χ2n) is 4.25. The van der Waals surface area contributed by atoms with Crippen LogP contribution >= 0.6 is 0 Å². The summed E-state index contributed by atoms with van der Waals surface area (Å²) < 4.78 is 5.81. The minimum absolute atomic E-state index is 0.228. The van der Waals surface area contributed by atoms with E-state index in [0.29, 0.717) is 6.04 Å². The van der Waals surface area contributed by atoms with Crippen molar-refractivity contribution >= 4 is 0 Å². The Balaban J connectivity index is 1.78. The van der Waals surface area contributed by atoms with Crippen molar-refractivity contribution in [2.45, 2.75) is 43.7 Å². The first-order valence-electron chi connectivity index (χ1n) is 5.33. The monoisotopic (exact) mass is 185 g/mol. The maximum absolute atomic E-state index is 8.70. The van der Waals surface area contributed by atoms with Crippen LogP contribution in [-0.2, 0) is 4.74 Å². The number of hydrogen-bond acceptors (Lipinski definition) is 3. The van der Waals surface area contributed by atoms with E-state index in [0.717, 1.165) is 26.0 Å². The van der Waals surface area contributed by atoms with Crippen molar-refractivity contribution in [1.29, 1.82) is 0 Å². The fourth-order valence-corrected chi connectivity index (χ4v) is 2.39. The molecule has 2 aliphatic rings. The zero-order chi connectivity index (χ0) is 9.15. The van der Waals surface area contributed by atoms with Crippen molar-refractivity contribution < 1.29 is 9.84 Å². The molecule has 1 aliphatic carbocycles. The maximum atomic E-state index is 8.70. The molecule has 1 unspecified atom stereocenters. The highest BCUT2D eigenvalue weighted by Crippen LogP contribution is 2.42. The molecule has 0 amide bonds. The Morgan fingerprint density at radius 2 is 2.31 bits per heavy atom. The van der Waals surface area contributed by atoms with Gasteiger partial charge < -0.3 is 15.2 Å². The van der Waals surface area contributed by atoms with Gasteiger partial charge in [0.05, 0.1) is 12.2 Å². The van der Waals surface area contributed by atoms with Crippen LogP contribution < -0.4 is 5.32 Å². The van der Waals surface area contributed by atoms with Crippen LogP contribution in [0.4, 0.5) is 0 Å². The molecule has 3 nitrogen and oxygen atoms in total. The lowest BCUT2D eigenvalue weighted by atomic mass is 9.74. The van der Waals surface area contributed by atoms with E-state index in [1.54, 1.807) is 0 Å². The Morgan fingerprint density at radius 3 is 2.92 bits per heavy atom. The number of hydrogen-bond donors (Lipinski definition) is 2. The summed E-state index contributed by atoms with van der Waals surface area (Å²) >= 11 is 0. The Hall–Kier alpha value is -0.120. The van der Waals surface area contributed by atoms with E-state index in [9.17, 15) is 0 Å². The molecule has 1 heterocycles. The predicted octanol–water partition coefficient (Wildman–Crippen LogP) is 0.670. The van der Waals surface area contributed by atoms with E-state index in [1.807, 2.05) is 0 Å². The van der Waals surface area contributed by atoms with E-state index in [4.69, 9.17) is 9.84 Å². The molecule has 1 atom stereocenters. The normalized spacial score (nSPS) is 31.6. The van der Waals surface area contributed by atoms with Gasteiger partial charge in [-0.25, -0.2) is 0 Å². The fraction of sp³-hybridized carbons (Fsp3) is 1.00. The molecule has 1 saturated heterocycles. The number of rotatable bonds is 3. The fourth-order valence-electron chi connectivity index (χ4n) is 2.39. The van der Waals surface area contributed by atoms with Crippen molar-refractivity contribution in [3.05, 3.63) is 0 Å². The Morgan fingerprint density at radius 1 is 1.46 bits per heavy atom. The number of nitrogens with one attached hydrogen (secondary N) is 1. The van der Waals surface area contributed by atoms with Gasteiger partial charge >= 0.3 is 0 Å². The average Bonchev–Trinajstić information content (AvgIpc) is 2.13. The first kappa shape index (κ1) is 9.44. The standard InChI is InChI=1S/C10H19NO2/c12-6-5-11-9-2-7-13-10(8-9)3-1-4-10/h9,11-12H,1-8H2. The lowest BCUT2D eigenvalue weighted by Gasteiger charge is -2.47. The maximum Gasteiger partial charge on any atom is 0.0697 e. The Labute approximate surface area is 79.5 Å². The second kappa shape index (κ2) is 3.95. The smallest absolute Gasteiger partial charge is 0.0697 e. The Kier molecular flexibility index (Phi) is 2.86. The van der Waals surface area contributed by atoms with Gasteiger partial charge in [-0.05, 0) is 32.1 Å². The van der Waals surface area contributed by atoms with Gasteiger partial charge in [0.2, 0.25) is 0 Å². The Bertz CT molecular complexity index is 168. The van der Waals surface area contributed by atoms with Gasteiger partial charge in [-0.1, -0.05) is 0 Å². The molecule has 1 saturated carbocycles. The molecular weight excluding hydrogens is 166 g/mol. The van der Waals surface area contributed by atoms with Gasteiger partial charge in [0.15, 0.2) is 0 Å². The third-order valence-electron chi connectivity index (χ3n) is 3.30. The van der Waals surface area contributed by atoms with Crippen molar-refractivity contribution in [3.8, 4) is 0 Å². The van der Waals surface area contributed by atoms with Crippen LogP contribution in [0.5, 0.6) is 0 Å². The molecule has 2 N–H and O–H groups in total. The van der Waals surface area contributed by atoms with Gasteiger partial charge in [0, 0.05) is 19.2 Å². The summed E-state index contributed by atoms with van der Waals surface area (Å²) in [5.41, 5.74) is 0.228. The molecule has 13 heavy (non-hydrogen) atoms. The van der Waals surface area contributed by atoms with E-state index >= 15 is 0 Å². The average molecular weight is 185 g/mol. The quantitative estimate of drug-likeness (QED) is 0.679. The van der Waals surface area contributed by atoms with Crippen molar-refractivity contribution in [2.75, 3.05) is 19.8 Å². The lowest BCUT2D eigenvalue weighted by Crippen LogP contribution is -2.51. The number of aliphatic hydroxyl groups is 1. The summed E-state index contributed by atoms with van der Waals surface area (Å²) in [4.78, 5) is 0. The highest BCUT2D eigenvalue weighted by Gasteiger charge is 2.42. The highest BCUT2D eigenvalue weighted by molar-refractivity contribution is 4.95. The van der Waals surface area contributed by atoms with Crippen molar-refractivity contribution in [3.63, 3.8) is 0 Å². The second-order valence-corrected chi connectivity index (χ2v) is 4.25. The summed E-state index contributed by atoms with van der Waals surface area (Å²) in [5, 5.41) is 12.1. The topological polar surface area (TPSA) is 41.5 Å². The van der Waals surface area contributed by atoms with Gasteiger partial charge in [0.1, 0.15) is 0 Å². The summed E-state index contributed by atoms with van der Waals surface area (Å²) in [5.74, 6) is 0. The lowest BCUT2D eigenvalue weighted by molar-refractivity contribution is -0.135. The van der Waals surface area contributed by atoms with Crippen LogP contribution in [0.25, 0.3) is 0 Å². The number of aliphatic hydroxyl groups excluding tert-OH is 1. The highest BCUT2D eigenvalue weighted by atomic mass is 16.5. The van der Waals surface area contributed by atoms with Crippen molar-refractivity contribution in [1.82, 2.24) is 5.32 Å². The molecule has 3 heteroatoms. The summed E-state index contributed by atoms with van der Waals surface area (Å²) in [6, 6.07) is 0.571. The van der Waals surface area contributed by atoms with Gasteiger partial charge in [0.25, 0.3) is 0 Å². The molecule has 0 aromatic heterocycles. The molecule has 0 aromatic carbocycles. The molecule has 1 spiro atoms. The summed E-state index contributed by atoms with van der Waals surface area (Å²) in [6.45, 7) is 1.86. The van der Waals surface area contributed by atoms with E-state index in [-0.39, 0.29) is 12.2 Å². The van der Waals surface area contributed by atoms with E-state index in [1.165, 1.54) is 19.3 Å². The predicted molar refractivity (Wildman–Crippen MR) is 50.6 cm³/mol. The molecule has 2 fully saturated rings. The molecule has 0 bridgehead atoms. The minimum Gasteiger partial charge on any atom is -0.395 e. The molecule has 1 aliphatic heterocycles. The van der Waals surface area contributed by atoms with Gasteiger partial charge in [-0.15, -0.1) is 0 Å². The third kappa shape index (κ3) is 2.03. The van der Waals surface area contributed by atoms with Crippen LogP contribution in [0.3, 0.4) is 0 Å². The van der Waals surface area contributed by atoms with E-state index < -0.39 is 0 Å². The van der Waals surface area contributed by atoms with Crippen LogP contribution in [0.2, 0.25) is 0 Å². The SMILES string of the molecule is OCCNC1CCOC2(CCC2)C1. The van der Waals surface area contributed by atoms with Crippen LogP contribution in [-0.4, -0.2) is 36.5 Å². The zero-order valence-corrected chi connectivity index (χ0v) is 8.09. The molecule has 0 radical (unpaired) electrons.